The summed E-state index contributed by atoms with van der Waals surface area (Å²) in [4.78, 5) is 20.8. The molecule has 0 saturated heterocycles. The highest BCUT2D eigenvalue weighted by atomic mass is 79.9. The van der Waals surface area contributed by atoms with Crippen LogP contribution in [0, 0.1) is 6.92 Å². The minimum absolute atomic E-state index is 0.187. The predicted octanol–water partition coefficient (Wildman–Crippen LogP) is 2.05. The monoisotopic (exact) mass is 393 g/mol. The van der Waals surface area contributed by atoms with Crippen LogP contribution in [0.15, 0.2) is 33.7 Å². The summed E-state index contributed by atoms with van der Waals surface area (Å²) in [6, 6.07) is 3.31. The van der Waals surface area contributed by atoms with Gasteiger partial charge in [0.15, 0.2) is 0 Å². The highest BCUT2D eigenvalue weighted by Crippen LogP contribution is 2.21. The Morgan fingerprint density at radius 1 is 1.52 bits per heavy atom. The van der Waals surface area contributed by atoms with E-state index in [1.165, 1.54) is 0 Å². The molecule has 8 heteroatoms. The minimum Gasteiger partial charge on any atom is -0.349 e. The van der Waals surface area contributed by atoms with Crippen molar-refractivity contribution in [3.8, 4) is 0 Å². The molecule has 0 aliphatic carbocycles. The third-order valence-electron chi connectivity index (χ3n) is 3.37. The van der Waals surface area contributed by atoms with Crippen LogP contribution in [0.5, 0.6) is 0 Å². The quantitative estimate of drug-likeness (QED) is 0.694. The van der Waals surface area contributed by atoms with Gasteiger partial charge in [0.2, 0.25) is 11.7 Å². The Morgan fingerprint density at radius 3 is 3.09 bits per heavy atom. The second kappa shape index (κ2) is 6.77. The van der Waals surface area contributed by atoms with Crippen molar-refractivity contribution < 1.29 is 4.79 Å². The number of hydrogen-bond acceptors (Lipinski definition) is 5. The molecule has 3 rings (SSSR count). The predicted molar refractivity (Wildman–Crippen MR) is 93.3 cm³/mol. The van der Waals surface area contributed by atoms with E-state index in [0.29, 0.717) is 18.7 Å². The fourth-order valence-electron chi connectivity index (χ4n) is 2.20. The van der Waals surface area contributed by atoms with Gasteiger partial charge in [-0.2, -0.15) is 0 Å². The van der Waals surface area contributed by atoms with Gasteiger partial charge in [0, 0.05) is 18.1 Å². The van der Waals surface area contributed by atoms with Gasteiger partial charge in [0.25, 0.3) is 0 Å². The number of nitrogens with two attached hydrogens (primary N) is 1. The van der Waals surface area contributed by atoms with Crippen molar-refractivity contribution in [1.82, 2.24) is 19.7 Å². The Labute approximate surface area is 145 Å². The van der Waals surface area contributed by atoms with Crippen LogP contribution in [-0.2, 0) is 17.8 Å². The number of amides is 1. The smallest absolute Gasteiger partial charge is 0.237 e. The van der Waals surface area contributed by atoms with Crippen molar-refractivity contribution in [2.75, 3.05) is 0 Å². The number of hydrogen-bond donors (Lipinski definition) is 2. The number of halogens is 1. The van der Waals surface area contributed by atoms with Crippen molar-refractivity contribution in [3.63, 3.8) is 0 Å². The lowest BCUT2D eigenvalue weighted by Crippen LogP contribution is -2.41. The number of carbonyl (C=O) groups excluding carboxylic acids is 1. The maximum absolute atomic E-state index is 12.1. The van der Waals surface area contributed by atoms with Gasteiger partial charge in [-0.05, 0) is 52.4 Å². The van der Waals surface area contributed by atoms with Crippen LogP contribution in [0.2, 0.25) is 0 Å². The lowest BCUT2D eigenvalue weighted by atomic mass is 10.1. The third kappa shape index (κ3) is 3.95. The van der Waals surface area contributed by atoms with Crippen LogP contribution in [-0.4, -0.2) is 26.3 Å². The van der Waals surface area contributed by atoms with Crippen LogP contribution in [0.3, 0.4) is 0 Å². The van der Waals surface area contributed by atoms with Gasteiger partial charge in [-0.1, -0.05) is 0 Å². The number of imidazole rings is 1. The van der Waals surface area contributed by atoms with Crippen molar-refractivity contribution in [3.05, 3.63) is 50.6 Å². The minimum atomic E-state index is -0.575. The zero-order chi connectivity index (χ0) is 16.4. The van der Waals surface area contributed by atoms with Gasteiger partial charge < -0.3 is 11.1 Å². The molecule has 0 saturated carbocycles. The largest absolute Gasteiger partial charge is 0.349 e. The van der Waals surface area contributed by atoms with E-state index in [1.54, 1.807) is 11.3 Å². The maximum atomic E-state index is 12.1. The molecule has 120 valence electrons. The Bertz CT molecular complexity index is 843. The number of nitrogens with zero attached hydrogens (tertiary/aromatic N) is 3. The zero-order valence-corrected chi connectivity index (χ0v) is 14.9. The molecule has 1 amide bonds. The van der Waals surface area contributed by atoms with Crippen LogP contribution < -0.4 is 11.1 Å². The van der Waals surface area contributed by atoms with Gasteiger partial charge in [-0.15, -0.1) is 11.3 Å². The van der Waals surface area contributed by atoms with Crippen LogP contribution in [0.25, 0.3) is 5.78 Å². The van der Waals surface area contributed by atoms with Gasteiger partial charge >= 0.3 is 0 Å². The summed E-state index contributed by atoms with van der Waals surface area (Å²) >= 11 is 4.98. The van der Waals surface area contributed by atoms with Crippen LogP contribution in [0.4, 0.5) is 0 Å². The molecule has 1 unspecified atom stereocenters. The summed E-state index contributed by atoms with van der Waals surface area (Å²) < 4.78 is 2.87. The number of fused-ring (bicyclic) bond motifs is 1. The number of aromatic nitrogens is 3. The average Bonchev–Trinajstić information content (AvgIpc) is 3.10. The number of rotatable bonds is 5. The first-order valence-electron chi connectivity index (χ1n) is 7.08. The first-order chi connectivity index (χ1) is 11.0. The van der Waals surface area contributed by atoms with Gasteiger partial charge in [0.1, 0.15) is 0 Å². The molecular weight excluding hydrogens is 378 g/mol. The molecule has 0 spiro atoms. The van der Waals surface area contributed by atoms with Gasteiger partial charge in [0.05, 0.1) is 22.1 Å². The maximum Gasteiger partial charge on any atom is 0.237 e. The van der Waals surface area contributed by atoms with Crippen molar-refractivity contribution in [2.45, 2.75) is 25.9 Å². The molecule has 0 aliphatic heterocycles. The van der Waals surface area contributed by atoms with Crippen molar-refractivity contribution >= 4 is 39.0 Å². The summed E-state index contributed by atoms with van der Waals surface area (Å²) in [7, 11) is 0. The summed E-state index contributed by atoms with van der Waals surface area (Å²) in [6.45, 7) is 2.25. The third-order valence-corrected chi connectivity index (χ3v) is 4.93. The summed E-state index contributed by atoms with van der Waals surface area (Å²) in [5.74, 6) is 0.440. The fourth-order valence-corrected chi connectivity index (χ4v) is 3.42. The molecule has 0 aromatic carbocycles. The van der Waals surface area contributed by atoms with Crippen LogP contribution in [0.1, 0.15) is 17.0 Å². The topological polar surface area (TPSA) is 85.3 Å². The van der Waals surface area contributed by atoms with E-state index >= 15 is 0 Å². The molecule has 23 heavy (non-hydrogen) atoms. The summed E-state index contributed by atoms with van der Waals surface area (Å²) in [5.41, 5.74) is 8.67. The van der Waals surface area contributed by atoms with Crippen LogP contribution >= 0.6 is 27.3 Å². The van der Waals surface area contributed by atoms with Gasteiger partial charge in [-0.25, -0.2) is 9.97 Å². The normalized spacial score (nSPS) is 12.5. The molecule has 1 atom stereocenters. The number of thiophene rings is 1. The van der Waals surface area contributed by atoms with E-state index in [0.717, 1.165) is 20.7 Å². The van der Waals surface area contributed by atoms with E-state index in [-0.39, 0.29) is 5.91 Å². The zero-order valence-electron chi connectivity index (χ0n) is 12.5. The first kappa shape index (κ1) is 16.1. The van der Waals surface area contributed by atoms with E-state index in [9.17, 15) is 4.79 Å². The Balaban J connectivity index is 1.58. The number of nitrogens with one attached hydrogen (secondary N) is 1. The second-order valence-corrected chi connectivity index (χ2v) is 7.59. The van der Waals surface area contributed by atoms with Gasteiger partial charge in [-0.3, -0.25) is 9.20 Å². The highest BCUT2D eigenvalue weighted by molar-refractivity contribution is 9.11. The lowest BCUT2D eigenvalue weighted by molar-refractivity contribution is -0.122. The average molecular weight is 394 g/mol. The molecule has 3 N–H and O–H groups in total. The van der Waals surface area contributed by atoms with Crippen molar-refractivity contribution in [1.29, 1.82) is 0 Å². The molecule has 0 fully saturated rings. The highest BCUT2D eigenvalue weighted by Gasteiger charge is 2.15. The Hall–Kier alpha value is -1.77. The Morgan fingerprint density at radius 2 is 2.35 bits per heavy atom. The standard InChI is InChI=1S/C15H16BrN5OS/c1-9-2-3-21-7-11(20-15(21)19-9)6-18-14(22)12(17)4-10-5-13(16)23-8-10/h2-3,5,7-8,12H,4,6,17H2,1H3,(H,18,22). The molecule has 3 aromatic heterocycles. The fraction of sp³-hybridized carbons (Fsp3) is 0.267. The molecule has 0 bridgehead atoms. The Kier molecular flexibility index (Phi) is 4.74. The molecule has 3 aromatic rings. The van der Waals surface area contributed by atoms with E-state index in [1.807, 2.05) is 41.2 Å². The van der Waals surface area contributed by atoms with E-state index in [2.05, 4.69) is 31.2 Å². The van der Waals surface area contributed by atoms with E-state index in [4.69, 9.17) is 5.73 Å². The number of aryl methyl sites for hydroxylation is 1. The first-order valence-corrected chi connectivity index (χ1v) is 8.76. The summed E-state index contributed by atoms with van der Waals surface area (Å²) in [6.07, 6.45) is 4.26. The molecular formula is C15H16BrN5OS. The lowest BCUT2D eigenvalue weighted by Gasteiger charge is -2.10. The number of carbonyl (C=O) groups is 1. The molecule has 0 aliphatic rings. The summed E-state index contributed by atoms with van der Waals surface area (Å²) in [5, 5.41) is 4.82. The van der Waals surface area contributed by atoms with Crippen molar-refractivity contribution in [2.24, 2.45) is 5.73 Å². The molecule has 0 radical (unpaired) electrons. The SMILES string of the molecule is Cc1ccn2cc(CNC(=O)C(N)Cc3csc(Br)c3)nc2n1. The molecule has 6 nitrogen and oxygen atoms in total. The van der Waals surface area contributed by atoms with E-state index < -0.39 is 6.04 Å². The second-order valence-electron chi connectivity index (χ2n) is 5.30. The molecule has 3 heterocycles.